The third kappa shape index (κ3) is 5.04. The van der Waals surface area contributed by atoms with Gasteiger partial charge in [0.1, 0.15) is 22.1 Å². The molecule has 1 N–H and O–H groups in total. The summed E-state index contributed by atoms with van der Waals surface area (Å²) >= 11 is 0.957. The highest BCUT2D eigenvalue weighted by molar-refractivity contribution is 7.17. The molecule has 0 spiro atoms. The molecule has 1 aliphatic heterocycles. The molecule has 0 unspecified atom stereocenters. The van der Waals surface area contributed by atoms with Crippen LogP contribution in [-0.2, 0) is 14.3 Å². The maximum absolute atomic E-state index is 13.5. The molecule has 0 saturated carbocycles. The topological polar surface area (TPSA) is 106 Å². The number of Topliss-reactive ketones (excluding diaryl/α,β-unsaturated/α-hetero) is 1. The molecule has 0 radical (unpaired) electrons. The summed E-state index contributed by atoms with van der Waals surface area (Å²) in [5.41, 5.74) is 1.19. The Kier molecular flexibility index (Phi) is 7.25. The van der Waals surface area contributed by atoms with Crippen LogP contribution in [0.2, 0.25) is 0 Å². The van der Waals surface area contributed by atoms with Gasteiger partial charge in [0.05, 0.1) is 23.9 Å². The van der Waals surface area contributed by atoms with E-state index in [1.54, 1.807) is 68.4 Å². The monoisotopic (exact) mass is 540 g/mol. The molecule has 196 valence electrons. The Hall–Kier alpha value is -4.76. The summed E-state index contributed by atoms with van der Waals surface area (Å²) in [6, 6.07) is 23.7. The zero-order chi connectivity index (χ0) is 27.5. The number of aliphatic hydroxyl groups is 1. The normalized spacial score (nSPS) is 16.4. The van der Waals surface area contributed by atoms with E-state index < -0.39 is 23.7 Å². The molecule has 1 aliphatic rings. The Morgan fingerprint density at radius 1 is 0.974 bits per heavy atom. The predicted octanol–water partition coefficient (Wildman–Crippen LogP) is 6.05. The summed E-state index contributed by atoms with van der Waals surface area (Å²) in [5, 5.41) is 11.4. The number of esters is 1. The summed E-state index contributed by atoms with van der Waals surface area (Å²) in [4.78, 5) is 45.3. The van der Waals surface area contributed by atoms with Crippen LogP contribution in [0.25, 0.3) is 5.76 Å². The van der Waals surface area contributed by atoms with E-state index in [4.69, 9.17) is 9.47 Å². The molecular weight excluding hydrogens is 516 g/mol. The van der Waals surface area contributed by atoms with Crippen LogP contribution in [0.15, 0.2) is 90.5 Å². The molecule has 8 nitrogen and oxygen atoms in total. The SMILES string of the molecule is CCOC(=O)c1sc(N2C(=O)C(=O)/C(=C(/O)c3ccccc3)[C@H]2c2cccc(Oc3ccccc3)c2)nc1C. The first-order valence-corrected chi connectivity index (χ1v) is 13.0. The van der Waals surface area contributed by atoms with Crippen LogP contribution in [0, 0.1) is 6.92 Å². The Morgan fingerprint density at radius 3 is 2.33 bits per heavy atom. The molecule has 5 rings (SSSR count). The van der Waals surface area contributed by atoms with Crippen molar-refractivity contribution < 1.29 is 29.0 Å². The highest BCUT2D eigenvalue weighted by atomic mass is 32.1. The number of carbonyl (C=O) groups is 3. The number of amides is 1. The molecule has 1 fully saturated rings. The van der Waals surface area contributed by atoms with Crippen LogP contribution in [0.3, 0.4) is 0 Å². The van der Waals surface area contributed by atoms with Gasteiger partial charge in [0, 0.05) is 5.56 Å². The number of carbonyl (C=O) groups excluding carboxylic acids is 3. The zero-order valence-electron chi connectivity index (χ0n) is 21.2. The first-order valence-electron chi connectivity index (χ1n) is 12.2. The second kappa shape index (κ2) is 10.9. The molecule has 4 aromatic rings. The molecule has 1 saturated heterocycles. The van der Waals surface area contributed by atoms with Gasteiger partial charge in [0.25, 0.3) is 5.78 Å². The number of anilines is 1. The van der Waals surface area contributed by atoms with Gasteiger partial charge in [-0.3, -0.25) is 14.5 Å². The van der Waals surface area contributed by atoms with Crippen molar-refractivity contribution >= 4 is 39.9 Å². The van der Waals surface area contributed by atoms with E-state index >= 15 is 0 Å². The minimum absolute atomic E-state index is 0.0893. The van der Waals surface area contributed by atoms with Gasteiger partial charge in [-0.05, 0) is 43.7 Å². The maximum atomic E-state index is 13.5. The third-order valence-electron chi connectivity index (χ3n) is 6.10. The van der Waals surface area contributed by atoms with E-state index in [0.717, 1.165) is 11.3 Å². The number of ketones is 1. The summed E-state index contributed by atoms with van der Waals surface area (Å²) in [6.45, 7) is 3.51. The average molecular weight is 541 g/mol. The van der Waals surface area contributed by atoms with Crippen LogP contribution < -0.4 is 9.64 Å². The first-order chi connectivity index (χ1) is 18.9. The number of aryl methyl sites for hydroxylation is 1. The summed E-state index contributed by atoms with van der Waals surface area (Å²) in [6.07, 6.45) is 0. The Balaban J connectivity index is 1.66. The highest BCUT2D eigenvalue weighted by Gasteiger charge is 2.48. The van der Waals surface area contributed by atoms with Crippen molar-refractivity contribution in [2.24, 2.45) is 0 Å². The Bertz CT molecular complexity index is 1580. The summed E-state index contributed by atoms with van der Waals surface area (Å²) in [5.74, 6) is -1.50. The van der Waals surface area contributed by atoms with E-state index in [1.165, 1.54) is 4.90 Å². The Labute approximate surface area is 228 Å². The minimum atomic E-state index is -1.02. The standard InChI is InChI=1S/C30H24N2O6S/c1-3-37-29(36)27-18(2)31-30(39-27)32-24(20-13-10-16-22(17-20)38-21-14-8-5-9-15-21)23(26(34)28(32)35)25(33)19-11-6-4-7-12-19/h4-17,24,33H,3H2,1-2H3/b25-23+/t24-/m1/s1. The van der Waals surface area contributed by atoms with Crippen LogP contribution >= 0.6 is 11.3 Å². The van der Waals surface area contributed by atoms with E-state index in [2.05, 4.69) is 4.98 Å². The number of rotatable bonds is 7. The van der Waals surface area contributed by atoms with Crippen LogP contribution in [0.4, 0.5) is 5.13 Å². The number of hydrogen-bond acceptors (Lipinski definition) is 8. The molecule has 1 atom stereocenters. The molecule has 39 heavy (non-hydrogen) atoms. The maximum Gasteiger partial charge on any atom is 0.350 e. The predicted molar refractivity (Wildman–Crippen MR) is 147 cm³/mol. The number of benzene rings is 3. The van der Waals surface area contributed by atoms with Gasteiger partial charge in [-0.15, -0.1) is 0 Å². The van der Waals surface area contributed by atoms with E-state index in [1.807, 2.05) is 30.3 Å². The molecule has 9 heteroatoms. The molecule has 0 aliphatic carbocycles. The van der Waals surface area contributed by atoms with Gasteiger partial charge in [-0.1, -0.05) is 72.0 Å². The summed E-state index contributed by atoms with van der Waals surface area (Å²) < 4.78 is 11.1. The second-order valence-corrected chi connectivity index (χ2v) is 9.63. The number of aliphatic hydroxyl groups excluding tert-OH is 1. The average Bonchev–Trinajstić information content (AvgIpc) is 3.46. The van der Waals surface area contributed by atoms with E-state index in [9.17, 15) is 19.5 Å². The number of para-hydroxylation sites is 1. The fraction of sp³-hybridized carbons (Fsp3) is 0.133. The van der Waals surface area contributed by atoms with Gasteiger partial charge < -0.3 is 14.6 Å². The van der Waals surface area contributed by atoms with Crippen molar-refractivity contribution in [3.8, 4) is 11.5 Å². The number of ether oxygens (including phenoxy) is 2. The van der Waals surface area contributed by atoms with Crippen molar-refractivity contribution in [2.45, 2.75) is 19.9 Å². The molecule has 2 heterocycles. The zero-order valence-corrected chi connectivity index (χ0v) is 22.0. The lowest BCUT2D eigenvalue weighted by molar-refractivity contribution is -0.132. The van der Waals surface area contributed by atoms with Crippen LogP contribution in [0.1, 0.15) is 39.5 Å². The van der Waals surface area contributed by atoms with Gasteiger partial charge in [0.2, 0.25) is 0 Å². The third-order valence-corrected chi connectivity index (χ3v) is 7.23. The van der Waals surface area contributed by atoms with Crippen molar-refractivity contribution in [3.63, 3.8) is 0 Å². The van der Waals surface area contributed by atoms with E-state index in [0.29, 0.717) is 28.3 Å². The molecule has 1 aromatic heterocycles. The number of hydrogen-bond donors (Lipinski definition) is 1. The van der Waals surface area contributed by atoms with Gasteiger partial charge in [-0.25, -0.2) is 9.78 Å². The lowest BCUT2D eigenvalue weighted by Crippen LogP contribution is -2.29. The molecule has 0 bridgehead atoms. The van der Waals surface area contributed by atoms with Crippen molar-refractivity contribution in [3.05, 3.63) is 112 Å². The summed E-state index contributed by atoms with van der Waals surface area (Å²) in [7, 11) is 0. The first kappa shape index (κ1) is 25.9. The smallest absolute Gasteiger partial charge is 0.350 e. The Morgan fingerprint density at radius 2 is 1.64 bits per heavy atom. The largest absolute Gasteiger partial charge is 0.507 e. The van der Waals surface area contributed by atoms with Crippen LogP contribution in [0.5, 0.6) is 11.5 Å². The second-order valence-electron chi connectivity index (χ2n) is 8.65. The van der Waals surface area contributed by atoms with E-state index in [-0.39, 0.29) is 27.9 Å². The quantitative estimate of drug-likeness (QED) is 0.132. The number of aromatic nitrogens is 1. The highest BCUT2D eigenvalue weighted by Crippen LogP contribution is 2.44. The minimum Gasteiger partial charge on any atom is -0.507 e. The van der Waals surface area contributed by atoms with Crippen molar-refractivity contribution in [1.82, 2.24) is 4.98 Å². The van der Waals surface area contributed by atoms with Gasteiger partial charge in [0.15, 0.2) is 5.13 Å². The fourth-order valence-corrected chi connectivity index (χ4v) is 5.33. The molecule has 1 amide bonds. The fourth-order valence-electron chi connectivity index (χ4n) is 4.34. The van der Waals surface area contributed by atoms with Gasteiger partial charge in [-0.2, -0.15) is 0 Å². The van der Waals surface area contributed by atoms with Crippen LogP contribution in [-0.4, -0.2) is 34.4 Å². The van der Waals surface area contributed by atoms with Crippen molar-refractivity contribution in [2.75, 3.05) is 11.5 Å². The lowest BCUT2D eigenvalue weighted by atomic mass is 9.95. The number of nitrogens with zero attached hydrogens (tertiary/aromatic N) is 2. The lowest BCUT2D eigenvalue weighted by Gasteiger charge is -2.23. The molecule has 3 aromatic carbocycles. The number of thiazole rings is 1. The van der Waals surface area contributed by atoms with Crippen molar-refractivity contribution in [1.29, 1.82) is 0 Å². The van der Waals surface area contributed by atoms with Gasteiger partial charge >= 0.3 is 11.9 Å². The molecular formula is C30H24N2O6S.